The van der Waals surface area contributed by atoms with E-state index in [1.807, 2.05) is 0 Å². The summed E-state index contributed by atoms with van der Waals surface area (Å²) in [7, 11) is 0. The zero-order chi connectivity index (χ0) is 11.5. The molecule has 0 aliphatic rings. The summed E-state index contributed by atoms with van der Waals surface area (Å²) >= 11 is 0. The lowest BCUT2D eigenvalue weighted by Crippen LogP contribution is -2.38. The number of nitrogens with one attached hydrogen (secondary N) is 2. The maximum atomic E-state index is 3.62. The van der Waals surface area contributed by atoms with Gasteiger partial charge >= 0.3 is 0 Å². The lowest BCUT2D eigenvalue weighted by atomic mass is 9.98. The minimum Gasteiger partial charge on any atom is -0.315 e. The van der Waals surface area contributed by atoms with Crippen molar-refractivity contribution in [3.63, 3.8) is 0 Å². The zero-order valence-corrected chi connectivity index (χ0v) is 11.1. The largest absolute Gasteiger partial charge is 0.315 e. The van der Waals surface area contributed by atoms with Gasteiger partial charge in [0.15, 0.2) is 0 Å². The lowest BCUT2D eigenvalue weighted by molar-refractivity contribution is 0.382. The van der Waals surface area contributed by atoms with Crippen LogP contribution in [0.3, 0.4) is 0 Å². The molecule has 0 aromatic heterocycles. The molecule has 2 nitrogen and oxygen atoms in total. The molecule has 0 saturated heterocycles. The van der Waals surface area contributed by atoms with Crippen molar-refractivity contribution < 1.29 is 0 Å². The smallest absolute Gasteiger partial charge is 0.0164 e. The molecule has 0 bridgehead atoms. The Hall–Kier alpha value is -0.0800. The van der Waals surface area contributed by atoms with Crippen LogP contribution in [0.1, 0.15) is 53.4 Å². The quantitative estimate of drug-likeness (QED) is 0.584. The van der Waals surface area contributed by atoms with Gasteiger partial charge in [0.05, 0.1) is 0 Å². The first-order chi connectivity index (χ1) is 7.24. The predicted molar refractivity (Wildman–Crippen MR) is 69.3 cm³/mol. The van der Waals surface area contributed by atoms with E-state index in [1.165, 1.54) is 32.2 Å². The molecule has 0 rings (SSSR count). The van der Waals surface area contributed by atoms with E-state index in [0.29, 0.717) is 6.04 Å². The average Bonchev–Trinajstić information content (AvgIpc) is 2.23. The lowest BCUT2D eigenvalue weighted by Gasteiger charge is -2.20. The van der Waals surface area contributed by atoms with E-state index in [-0.39, 0.29) is 0 Å². The van der Waals surface area contributed by atoms with Crippen LogP contribution >= 0.6 is 0 Å². The first kappa shape index (κ1) is 14.9. The second kappa shape index (κ2) is 10.4. The Morgan fingerprint density at radius 3 is 2.00 bits per heavy atom. The van der Waals surface area contributed by atoms with Crippen LogP contribution in [0.2, 0.25) is 0 Å². The summed E-state index contributed by atoms with van der Waals surface area (Å²) < 4.78 is 0. The highest BCUT2D eigenvalue weighted by Gasteiger charge is 2.08. The Morgan fingerprint density at radius 2 is 1.53 bits per heavy atom. The van der Waals surface area contributed by atoms with Crippen molar-refractivity contribution in [3.8, 4) is 0 Å². The minimum atomic E-state index is 0.598. The molecule has 0 saturated carbocycles. The van der Waals surface area contributed by atoms with Crippen LogP contribution in [0, 0.1) is 5.92 Å². The second-order valence-electron chi connectivity index (χ2n) is 4.56. The summed E-state index contributed by atoms with van der Waals surface area (Å²) in [5.41, 5.74) is 0. The van der Waals surface area contributed by atoms with Crippen molar-refractivity contribution in [1.82, 2.24) is 10.6 Å². The molecule has 0 aliphatic heterocycles. The maximum absolute atomic E-state index is 3.62. The van der Waals surface area contributed by atoms with Gasteiger partial charge < -0.3 is 10.6 Å². The van der Waals surface area contributed by atoms with Crippen molar-refractivity contribution in [1.29, 1.82) is 0 Å². The van der Waals surface area contributed by atoms with Gasteiger partial charge in [-0.2, -0.15) is 0 Å². The Morgan fingerprint density at radius 1 is 0.933 bits per heavy atom. The van der Waals surface area contributed by atoms with Crippen LogP contribution in [0.5, 0.6) is 0 Å². The highest BCUT2D eigenvalue weighted by molar-refractivity contribution is 4.68. The van der Waals surface area contributed by atoms with Crippen molar-refractivity contribution in [3.05, 3.63) is 0 Å². The van der Waals surface area contributed by atoms with Crippen molar-refractivity contribution in [2.24, 2.45) is 5.92 Å². The van der Waals surface area contributed by atoms with E-state index in [0.717, 1.165) is 19.0 Å². The second-order valence-corrected chi connectivity index (χ2v) is 4.56. The topological polar surface area (TPSA) is 24.1 Å². The Labute approximate surface area is 96.2 Å². The van der Waals surface area contributed by atoms with E-state index in [4.69, 9.17) is 0 Å². The average molecular weight is 214 g/mol. The number of likely N-dealkylation sites (N-methyl/N-ethyl adjacent to an activating group) is 1. The van der Waals surface area contributed by atoms with Gasteiger partial charge in [0, 0.05) is 12.6 Å². The summed E-state index contributed by atoms with van der Waals surface area (Å²) in [4.78, 5) is 0. The fraction of sp³-hybridized carbons (Fsp3) is 1.00. The summed E-state index contributed by atoms with van der Waals surface area (Å²) in [5.74, 6) is 0.879. The fourth-order valence-corrected chi connectivity index (χ4v) is 1.97. The van der Waals surface area contributed by atoms with Gasteiger partial charge in [-0.05, 0) is 38.8 Å². The Kier molecular flexibility index (Phi) is 10.4. The third kappa shape index (κ3) is 8.88. The van der Waals surface area contributed by atoms with Gasteiger partial charge in [0.25, 0.3) is 0 Å². The monoisotopic (exact) mass is 214 g/mol. The molecule has 2 heteroatoms. The molecule has 1 atom stereocenters. The van der Waals surface area contributed by atoms with Gasteiger partial charge in [-0.25, -0.2) is 0 Å². The molecule has 0 radical (unpaired) electrons. The highest BCUT2D eigenvalue weighted by atomic mass is 15.0. The SMILES string of the molecule is CCCC(CCC)CNC(C)CNCC. The third-order valence-corrected chi connectivity index (χ3v) is 2.85. The molecule has 0 aliphatic carbocycles. The van der Waals surface area contributed by atoms with Crippen LogP contribution in [0.4, 0.5) is 0 Å². The normalized spacial score (nSPS) is 13.4. The summed E-state index contributed by atoms with van der Waals surface area (Å²) in [6.07, 6.45) is 5.37. The summed E-state index contributed by atoms with van der Waals surface area (Å²) in [6.45, 7) is 12.3. The molecule has 0 amide bonds. The minimum absolute atomic E-state index is 0.598. The van der Waals surface area contributed by atoms with E-state index < -0.39 is 0 Å². The van der Waals surface area contributed by atoms with E-state index in [2.05, 4.69) is 38.3 Å². The first-order valence-corrected chi connectivity index (χ1v) is 6.68. The number of hydrogen-bond acceptors (Lipinski definition) is 2. The molecule has 2 N–H and O–H groups in total. The zero-order valence-electron chi connectivity index (χ0n) is 11.1. The van der Waals surface area contributed by atoms with Gasteiger partial charge in [-0.3, -0.25) is 0 Å². The van der Waals surface area contributed by atoms with Crippen LogP contribution in [-0.4, -0.2) is 25.7 Å². The van der Waals surface area contributed by atoms with Crippen LogP contribution in [0.15, 0.2) is 0 Å². The van der Waals surface area contributed by atoms with Gasteiger partial charge in [-0.15, -0.1) is 0 Å². The van der Waals surface area contributed by atoms with E-state index in [1.54, 1.807) is 0 Å². The molecule has 0 aromatic carbocycles. The molecular weight excluding hydrogens is 184 g/mol. The molecule has 1 unspecified atom stereocenters. The van der Waals surface area contributed by atoms with Crippen molar-refractivity contribution in [2.75, 3.05) is 19.6 Å². The first-order valence-electron chi connectivity index (χ1n) is 6.68. The molecule has 15 heavy (non-hydrogen) atoms. The Bertz CT molecular complexity index is 120. The van der Waals surface area contributed by atoms with Crippen molar-refractivity contribution in [2.45, 2.75) is 59.4 Å². The number of rotatable bonds is 10. The standard InChI is InChI=1S/C13H30N2/c1-5-8-13(9-6-2)11-15-12(4)10-14-7-3/h12-15H,5-11H2,1-4H3. The molecule has 0 aromatic rings. The van der Waals surface area contributed by atoms with Crippen LogP contribution in [-0.2, 0) is 0 Å². The molecular formula is C13H30N2. The maximum Gasteiger partial charge on any atom is 0.0164 e. The highest BCUT2D eigenvalue weighted by Crippen LogP contribution is 2.12. The van der Waals surface area contributed by atoms with E-state index in [9.17, 15) is 0 Å². The molecule has 0 fully saturated rings. The van der Waals surface area contributed by atoms with Crippen LogP contribution < -0.4 is 10.6 Å². The van der Waals surface area contributed by atoms with Crippen molar-refractivity contribution >= 4 is 0 Å². The molecule has 0 spiro atoms. The molecule has 0 heterocycles. The van der Waals surface area contributed by atoms with Gasteiger partial charge in [0.1, 0.15) is 0 Å². The predicted octanol–water partition coefficient (Wildman–Crippen LogP) is 2.79. The Balaban J connectivity index is 3.57. The van der Waals surface area contributed by atoms with Crippen LogP contribution in [0.25, 0.3) is 0 Å². The molecule has 92 valence electrons. The van der Waals surface area contributed by atoms with E-state index >= 15 is 0 Å². The summed E-state index contributed by atoms with van der Waals surface area (Å²) in [6, 6.07) is 0.598. The van der Waals surface area contributed by atoms with Gasteiger partial charge in [0.2, 0.25) is 0 Å². The third-order valence-electron chi connectivity index (χ3n) is 2.85. The number of hydrogen-bond donors (Lipinski definition) is 2. The summed E-state index contributed by atoms with van der Waals surface area (Å²) in [5, 5.41) is 7.00. The fourth-order valence-electron chi connectivity index (χ4n) is 1.97. The van der Waals surface area contributed by atoms with Gasteiger partial charge in [-0.1, -0.05) is 33.6 Å².